The van der Waals surface area contributed by atoms with Crippen LogP contribution in [0.25, 0.3) is 0 Å². The van der Waals surface area contributed by atoms with E-state index < -0.39 is 0 Å². The second-order valence-electron chi connectivity index (χ2n) is 2.49. The predicted octanol–water partition coefficient (Wildman–Crippen LogP) is 2.28. The Kier molecular flexibility index (Phi) is 4.59. The zero-order chi connectivity index (χ0) is 7.94. The smallest absolute Gasteiger partial charge is 0.157 e. The maximum atomic E-state index is 5.33. The van der Waals surface area contributed by atoms with Crippen LogP contribution in [0.3, 0.4) is 0 Å². The molecule has 0 aromatic heterocycles. The van der Waals surface area contributed by atoms with Gasteiger partial charge in [-0.1, -0.05) is 11.6 Å². The third kappa shape index (κ3) is 3.75. The summed E-state index contributed by atoms with van der Waals surface area (Å²) in [6, 6.07) is 0. The maximum Gasteiger partial charge on any atom is 0.157 e. The lowest BCUT2D eigenvalue weighted by Crippen LogP contribution is -2.22. The van der Waals surface area contributed by atoms with Gasteiger partial charge in [0.2, 0.25) is 0 Å². The van der Waals surface area contributed by atoms with E-state index in [0.717, 1.165) is 19.4 Å². The monoisotopic (exact) mass is 176 g/mol. The van der Waals surface area contributed by atoms with E-state index in [0.29, 0.717) is 6.61 Å². The number of ether oxygens (including phenoxy) is 2. The largest absolute Gasteiger partial charge is 0.353 e. The van der Waals surface area contributed by atoms with Crippen LogP contribution in [-0.2, 0) is 9.47 Å². The third-order valence-corrected chi connectivity index (χ3v) is 1.78. The molecular formula is C8H13ClO2. The molecule has 64 valence electrons. The minimum absolute atomic E-state index is 0.00313. The van der Waals surface area contributed by atoms with Gasteiger partial charge < -0.3 is 9.47 Å². The van der Waals surface area contributed by atoms with Crippen molar-refractivity contribution in [1.82, 2.24) is 0 Å². The van der Waals surface area contributed by atoms with Gasteiger partial charge in [-0.15, -0.1) is 0 Å². The molecule has 1 heterocycles. The topological polar surface area (TPSA) is 18.5 Å². The summed E-state index contributed by atoms with van der Waals surface area (Å²) in [5, 5.41) is 0. The summed E-state index contributed by atoms with van der Waals surface area (Å²) in [7, 11) is 0. The molecule has 1 saturated heterocycles. The van der Waals surface area contributed by atoms with Gasteiger partial charge in [0.05, 0.1) is 6.61 Å². The first-order chi connectivity index (χ1) is 5.43. The molecule has 11 heavy (non-hydrogen) atoms. The van der Waals surface area contributed by atoms with Crippen LogP contribution < -0.4 is 0 Å². The van der Waals surface area contributed by atoms with Gasteiger partial charge in [0, 0.05) is 12.1 Å². The first kappa shape index (κ1) is 9.04. The number of hydrogen-bond acceptors (Lipinski definition) is 2. The van der Waals surface area contributed by atoms with Gasteiger partial charge in [-0.2, -0.15) is 0 Å². The highest BCUT2D eigenvalue weighted by Gasteiger charge is 2.12. The second-order valence-corrected chi connectivity index (χ2v) is 2.74. The summed E-state index contributed by atoms with van der Waals surface area (Å²) in [6.07, 6.45) is 5.13. The fraction of sp³-hybridized carbons (Fsp3) is 0.750. The van der Waals surface area contributed by atoms with Gasteiger partial charge in [0.15, 0.2) is 6.29 Å². The number of rotatable bonds is 3. The summed E-state index contributed by atoms with van der Waals surface area (Å²) >= 11 is 5.32. The molecule has 0 amide bonds. The fourth-order valence-electron chi connectivity index (χ4n) is 1.04. The molecule has 0 radical (unpaired) electrons. The van der Waals surface area contributed by atoms with Crippen LogP contribution in [0.1, 0.15) is 19.3 Å². The first-order valence-electron chi connectivity index (χ1n) is 3.92. The van der Waals surface area contributed by atoms with E-state index in [4.69, 9.17) is 21.1 Å². The molecule has 2 nitrogen and oxygen atoms in total. The van der Waals surface area contributed by atoms with Crippen LogP contribution in [0, 0.1) is 0 Å². The summed E-state index contributed by atoms with van der Waals surface area (Å²) in [5.41, 5.74) is 1.46. The quantitative estimate of drug-likeness (QED) is 0.657. The molecule has 0 aromatic carbocycles. The van der Waals surface area contributed by atoms with Crippen LogP contribution in [0.15, 0.2) is 11.6 Å². The van der Waals surface area contributed by atoms with E-state index in [2.05, 4.69) is 0 Å². The molecule has 1 aliphatic rings. The van der Waals surface area contributed by atoms with Crippen LogP contribution in [-0.4, -0.2) is 19.5 Å². The van der Waals surface area contributed by atoms with E-state index >= 15 is 0 Å². The molecule has 0 N–H and O–H groups in total. The van der Waals surface area contributed by atoms with Crippen LogP contribution in [0.2, 0.25) is 0 Å². The molecule has 0 saturated carbocycles. The minimum atomic E-state index is -0.00313. The van der Waals surface area contributed by atoms with Gasteiger partial charge in [-0.25, -0.2) is 0 Å². The van der Waals surface area contributed by atoms with Crippen molar-refractivity contribution in [2.45, 2.75) is 25.6 Å². The Morgan fingerprint density at radius 1 is 1.55 bits per heavy atom. The molecule has 0 aromatic rings. The molecule has 1 aliphatic heterocycles. The second kappa shape index (κ2) is 5.58. The van der Waals surface area contributed by atoms with Crippen LogP contribution in [0.4, 0.5) is 0 Å². The Hall–Kier alpha value is -0.0500. The summed E-state index contributed by atoms with van der Waals surface area (Å²) in [6.45, 7) is 1.38. The van der Waals surface area contributed by atoms with E-state index in [-0.39, 0.29) is 6.29 Å². The van der Waals surface area contributed by atoms with Gasteiger partial charge in [0.25, 0.3) is 0 Å². The van der Waals surface area contributed by atoms with Crippen molar-refractivity contribution in [3.8, 4) is 0 Å². The average molecular weight is 177 g/mol. The molecule has 0 unspecified atom stereocenters. The van der Waals surface area contributed by atoms with Crippen molar-refractivity contribution in [3.05, 3.63) is 11.6 Å². The lowest BCUT2D eigenvalue weighted by Gasteiger charge is -2.21. The maximum absolute atomic E-state index is 5.33. The standard InChI is InChI=1S/C8H13ClO2/c9-5-3-7-11-8-4-1-2-6-10-8/h3,5,8H,1-2,4,6-7H2/b5-3+/t8-/m0/s1. The molecule has 3 heteroatoms. The Morgan fingerprint density at radius 3 is 3.09 bits per heavy atom. The normalized spacial score (nSPS) is 26.1. The van der Waals surface area contributed by atoms with E-state index in [1.165, 1.54) is 12.0 Å². The Balaban J connectivity index is 2.04. The first-order valence-corrected chi connectivity index (χ1v) is 4.35. The number of halogens is 1. The fourth-order valence-corrected chi connectivity index (χ4v) is 1.11. The molecule has 0 bridgehead atoms. The van der Waals surface area contributed by atoms with Crippen molar-refractivity contribution in [2.24, 2.45) is 0 Å². The highest BCUT2D eigenvalue weighted by molar-refractivity contribution is 6.25. The summed E-state index contributed by atoms with van der Waals surface area (Å²) in [5.74, 6) is 0. The van der Waals surface area contributed by atoms with E-state index in [1.54, 1.807) is 6.08 Å². The van der Waals surface area contributed by atoms with Gasteiger partial charge in [0.1, 0.15) is 0 Å². The van der Waals surface area contributed by atoms with E-state index in [1.807, 2.05) is 0 Å². The number of hydrogen-bond donors (Lipinski definition) is 0. The van der Waals surface area contributed by atoms with Crippen LogP contribution >= 0.6 is 11.6 Å². The van der Waals surface area contributed by atoms with Crippen molar-refractivity contribution >= 4 is 11.6 Å². The Morgan fingerprint density at radius 2 is 2.45 bits per heavy atom. The predicted molar refractivity (Wildman–Crippen MR) is 44.5 cm³/mol. The van der Waals surface area contributed by atoms with Crippen LogP contribution in [0.5, 0.6) is 0 Å². The molecule has 1 rings (SSSR count). The third-order valence-electron chi connectivity index (χ3n) is 1.61. The SMILES string of the molecule is Cl/C=C/CO[C@H]1CCCCO1. The van der Waals surface area contributed by atoms with Crippen molar-refractivity contribution in [1.29, 1.82) is 0 Å². The van der Waals surface area contributed by atoms with Crippen molar-refractivity contribution in [2.75, 3.05) is 13.2 Å². The van der Waals surface area contributed by atoms with Gasteiger partial charge in [-0.05, 0) is 25.3 Å². The molecule has 0 aliphatic carbocycles. The summed E-state index contributed by atoms with van der Waals surface area (Å²) in [4.78, 5) is 0. The molecule has 1 fully saturated rings. The zero-order valence-electron chi connectivity index (χ0n) is 6.46. The van der Waals surface area contributed by atoms with Crippen molar-refractivity contribution in [3.63, 3.8) is 0 Å². The highest BCUT2D eigenvalue weighted by atomic mass is 35.5. The lowest BCUT2D eigenvalue weighted by atomic mass is 10.2. The van der Waals surface area contributed by atoms with Crippen molar-refractivity contribution < 1.29 is 9.47 Å². The zero-order valence-corrected chi connectivity index (χ0v) is 7.22. The lowest BCUT2D eigenvalue weighted by molar-refractivity contribution is -0.155. The minimum Gasteiger partial charge on any atom is -0.353 e. The highest BCUT2D eigenvalue weighted by Crippen LogP contribution is 2.13. The van der Waals surface area contributed by atoms with E-state index in [9.17, 15) is 0 Å². The molecule has 1 atom stereocenters. The molecule has 0 spiro atoms. The Bertz CT molecular complexity index is 119. The Labute approximate surface area is 72.1 Å². The molecular weight excluding hydrogens is 164 g/mol. The summed E-state index contributed by atoms with van der Waals surface area (Å²) < 4.78 is 10.7. The average Bonchev–Trinajstić information content (AvgIpc) is 2.07. The van der Waals surface area contributed by atoms with Gasteiger partial charge >= 0.3 is 0 Å². The van der Waals surface area contributed by atoms with Gasteiger partial charge in [-0.3, -0.25) is 0 Å².